The molecule has 0 aromatic heterocycles. The van der Waals surface area contributed by atoms with Gasteiger partial charge in [-0.1, -0.05) is 36.8 Å². The van der Waals surface area contributed by atoms with E-state index in [9.17, 15) is 0 Å². The largest absolute Gasteiger partial charge is 0.547 e. The third-order valence-corrected chi connectivity index (χ3v) is 4.08. The van der Waals surface area contributed by atoms with Gasteiger partial charge in [0.2, 0.25) is 8.32 Å². The monoisotopic (exact) mass is 260 g/mol. The van der Waals surface area contributed by atoms with Gasteiger partial charge in [0.25, 0.3) is 0 Å². The zero-order valence-electron chi connectivity index (χ0n) is 11.8. The van der Waals surface area contributed by atoms with E-state index < -0.39 is 8.32 Å². The van der Waals surface area contributed by atoms with Crippen LogP contribution in [0.25, 0.3) is 5.57 Å². The number of rotatable bonds is 3. The van der Waals surface area contributed by atoms with Crippen LogP contribution >= 0.6 is 0 Å². The van der Waals surface area contributed by atoms with Crippen molar-refractivity contribution in [3.63, 3.8) is 0 Å². The molecule has 18 heavy (non-hydrogen) atoms. The Kier molecular flexibility index (Phi) is 4.28. The average molecular weight is 260 g/mol. The summed E-state index contributed by atoms with van der Waals surface area (Å²) in [6, 6.07) is 10.8. The standard InChI is InChI=1S/C16H24OSi/c1-18(2,3)17-16-13-9-5-8-12-15(16)14-10-6-4-7-11-14/h4,6-7,10-11H,5,8-9,12-13H2,1-3H3. The quantitative estimate of drug-likeness (QED) is 0.678. The van der Waals surface area contributed by atoms with Gasteiger partial charge in [-0.15, -0.1) is 0 Å². The summed E-state index contributed by atoms with van der Waals surface area (Å²) < 4.78 is 6.34. The fourth-order valence-electron chi connectivity index (χ4n) is 2.48. The molecular formula is C16H24OSi. The average Bonchev–Trinajstić information content (AvgIpc) is 2.53. The molecule has 1 aromatic rings. The summed E-state index contributed by atoms with van der Waals surface area (Å²) in [6.07, 6.45) is 6.19. The maximum atomic E-state index is 6.34. The van der Waals surface area contributed by atoms with Gasteiger partial charge in [0.05, 0.1) is 5.76 Å². The van der Waals surface area contributed by atoms with E-state index in [0.717, 1.165) is 6.42 Å². The second-order valence-corrected chi connectivity index (χ2v) is 10.5. The smallest absolute Gasteiger partial charge is 0.241 e. The van der Waals surface area contributed by atoms with E-state index in [1.165, 1.54) is 42.6 Å². The second kappa shape index (κ2) is 5.74. The van der Waals surface area contributed by atoms with Crippen molar-refractivity contribution in [2.45, 2.75) is 51.7 Å². The minimum Gasteiger partial charge on any atom is -0.547 e. The van der Waals surface area contributed by atoms with Gasteiger partial charge in [-0.3, -0.25) is 0 Å². The summed E-state index contributed by atoms with van der Waals surface area (Å²) in [6.45, 7) is 6.81. The highest BCUT2D eigenvalue weighted by molar-refractivity contribution is 6.70. The highest BCUT2D eigenvalue weighted by atomic mass is 28.4. The lowest BCUT2D eigenvalue weighted by atomic mass is 10.0. The van der Waals surface area contributed by atoms with Gasteiger partial charge in [0, 0.05) is 6.42 Å². The molecular weight excluding hydrogens is 236 g/mol. The van der Waals surface area contributed by atoms with Gasteiger partial charge in [0.15, 0.2) is 0 Å². The maximum Gasteiger partial charge on any atom is 0.241 e. The molecule has 1 nitrogen and oxygen atoms in total. The molecule has 2 heteroatoms. The first-order valence-electron chi connectivity index (χ1n) is 7.03. The molecule has 0 amide bonds. The van der Waals surface area contributed by atoms with E-state index >= 15 is 0 Å². The lowest BCUT2D eigenvalue weighted by Gasteiger charge is -2.24. The highest BCUT2D eigenvalue weighted by Gasteiger charge is 2.21. The predicted molar refractivity (Wildman–Crippen MR) is 80.9 cm³/mol. The van der Waals surface area contributed by atoms with Crippen LogP contribution in [-0.4, -0.2) is 8.32 Å². The van der Waals surface area contributed by atoms with Crippen LogP contribution in [0.15, 0.2) is 36.1 Å². The van der Waals surface area contributed by atoms with Crippen LogP contribution in [0.2, 0.25) is 19.6 Å². The van der Waals surface area contributed by atoms with Crippen LogP contribution in [-0.2, 0) is 4.43 Å². The third-order valence-electron chi connectivity index (χ3n) is 3.22. The third kappa shape index (κ3) is 3.74. The molecule has 2 rings (SSSR count). The van der Waals surface area contributed by atoms with Crippen LogP contribution in [0.1, 0.15) is 37.7 Å². The summed E-state index contributed by atoms with van der Waals surface area (Å²) in [4.78, 5) is 0. The molecule has 1 aliphatic rings. The summed E-state index contributed by atoms with van der Waals surface area (Å²) in [5, 5.41) is 0. The summed E-state index contributed by atoms with van der Waals surface area (Å²) in [5.41, 5.74) is 2.81. The Labute approximate surface area is 112 Å². The molecule has 0 saturated heterocycles. The molecule has 0 radical (unpaired) electrons. The van der Waals surface area contributed by atoms with E-state index in [1.807, 2.05) is 0 Å². The molecule has 0 fully saturated rings. The van der Waals surface area contributed by atoms with Crippen molar-refractivity contribution in [1.29, 1.82) is 0 Å². The molecule has 0 spiro atoms. The van der Waals surface area contributed by atoms with Crippen molar-refractivity contribution >= 4 is 13.9 Å². The molecule has 1 aromatic carbocycles. The Bertz CT molecular complexity index is 414. The first-order valence-corrected chi connectivity index (χ1v) is 10.4. The fourth-order valence-corrected chi connectivity index (χ4v) is 3.45. The number of benzene rings is 1. The Hall–Kier alpha value is -1.02. The predicted octanol–water partition coefficient (Wildman–Crippen LogP) is 5.21. The molecule has 98 valence electrons. The van der Waals surface area contributed by atoms with Crippen LogP contribution in [0, 0.1) is 0 Å². The molecule has 0 bridgehead atoms. The summed E-state index contributed by atoms with van der Waals surface area (Å²) in [7, 11) is -1.50. The van der Waals surface area contributed by atoms with Gasteiger partial charge in [-0.2, -0.15) is 0 Å². The Balaban J connectivity index is 2.34. The lowest BCUT2D eigenvalue weighted by Crippen LogP contribution is -2.25. The normalized spacial score (nSPS) is 17.5. The van der Waals surface area contributed by atoms with Crippen molar-refractivity contribution in [1.82, 2.24) is 0 Å². The highest BCUT2D eigenvalue weighted by Crippen LogP contribution is 2.33. The molecule has 0 aliphatic heterocycles. The van der Waals surface area contributed by atoms with E-state index in [4.69, 9.17) is 4.43 Å². The van der Waals surface area contributed by atoms with Crippen molar-refractivity contribution in [3.8, 4) is 0 Å². The lowest BCUT2D eigenvalue weighted by molar-refractivity contribution is 0.399. The number of hydrogen-bond donors (Lipinski definition) is 0. The summed E-state index contributed by atoms with van der Waals surface area (Å²) >= 11 is 0. The zero-order valence-corrected chi connectivity index (χ0v) is 12.8. The minimum absolute atomic E-state index is 1.12. The molecule has 1 aliphatic carbocycles. The summed E-state index contributed by atoms with van der Waals surface area (Å²) in [5.74, 6) is 1.28. The van der Waals surface area contributed by atoms with E-state index in [0.29, 0.717) is 0 Å². The molecule has 0 N–H and O–H groups in total. The molecule has 0 atom stereocenters. The minimum atomic E-state index is -1.50. The van der Waals surface area contributed by atoms with Gasteiger partial charge in [-0.25, -0.2) is 0 Å². The van der Waals surface area contributed by atoms with Gasteiger partial charge < -0.3 is 4.43 Å². The molecule has 0 saturated carbocycles. The maximum absolute atomic E-state index is 6.34. The van der Waals surface area contributed by atoms with Gasteiger partial charge in [-0.05, 0) is 50.0 Å². The molecule has 0 heterocycles. The van der Waals surface area contributed by atoms with Crippen LogP contribution in [0.4, 0.5) is 0 Å². The topological polar surface area (TPSA) is 9.23 Å². The van der Waals surface area contributed by atoms with Crippen LogP contribution < -0.4 is 0 Å². The number of allylic oxidation sites excluding steroid dienone is 2. The van der Waals surface area contributed by atoms with Crippen molar-refractivity contribution < 1.29 is 4.43 Å². The van der Waals surface area contributed by atoms with Gasteiger partial charge in [0.1, 0.15) is 0 Å². The van der Waals surface area contributed by atoms with Crippen LogP contribution in [0.3, 0.4) is 0 Å². The molecule has 0 unspecified atom stereocenters. The zero-order chi connectivity index (χ0) is 13.0. The fraction of sp³-hybridized carbons (Fsp3) is 0.500. The van der Waals surface area contributed by atoms with Gasteiger partial charge >= 0.3 is 0 Å². The second-order valence-electron chi connectivity index (χ2n) is 6.04. The van der Waals surface area contributed by atoms with Crippen molar-refractivity contribution in [3.05, 3.63) is 41.7 Å². The van der Waals surface area contributed by atoms with E-state index in [2.05, 4.69) is 50.0 Å². The van der Waals surface area contributed by atoms with E-state index in [1.54, 1.807) is 0 Å². The van der Waals surface area contributed by atoms with Crippen molar-refractivity contribution in [2.75, 3.05) is 0 Å². The van der Waals surface area contributed by atoms with Crippen LogP contribution in [0.5, 0.6) is 0 Å². The first-order chi connectivity index (χ1) is 8.56. The first kappa shape index (κ1) is 13.4. The van der Waals surface area contributed by atoms with E-state index in [-0.39, 0.29) is 0 Å². The SMILES string of the molecule is C[Si](C)(C)OC1=C(c2ccccc2)CCCCC1. The Morgan fingerprint density at radius 1 is 0.889 bits per heavy atom. The number of hydrogen-bond acceptors (Lipinski definition) is 1. The Morgan fingerprint density at radius 2 is 1.56 bits per heavy atom. The van der Waals surface area contributed by atoms with Crippen molar-refractivity contribution in [2.24, 2.45) is 0 Å². The Morgan fingerprint density at radius 3 is 2.22 bits per heavy atom.